The van der Waals surface area contributed by atoms with E-state index in [1.54, 1.807) is 30.5 Å². The van der Waals surface area contributed by atoms with Crippen molar-refractivity contribution in [3.8, 4) is 0 Å². The van der Waals surface area contributed by atoms with Crippen LogP contribution >= 0.6 is 0 Å². The summed E-state index contributed by atoms with van der Waals surface area (Å²) in [4.78, 5) is 28.0. The molecule has 1 aromatic carbocycles. The van der Waals surface area contributed by atoms with E-state index in [1.807, 2.05) is 0 Å². The lowest BCUT2D eigenvalue weighted by molar-refractivity contribution is 0.565. The highest BCUT2D eigenvalue weighted by Gasteiger charge is 2.11. The number of nitrogens with zero attached hydrogens (tertiary/aromatic N) is 1. The van der Waals surface area contributed by atoms with Crippen LogP contribution in [0.3, 0.4) is 0 Å². The molecule has 20 heavy (non-hydrogen) atoms. The first-order valence-corrected chi connectivity index (χ1v) is 5.97. The van der Waals surface area contributed by atoms with Gasteiger partial charge in [0, 0.05) is 23.7 Å². The lowest BCUT2D eigenvalue weighted by Crippen LogP contribution is -2.02. The van der Waals surface area contributed by atoms with E-state index in [0.29, 0.717) is 32.8 Å². The first-order valence-electron chi connectivity index (χ1n) is 5.97. The van der Waals surface area contributed by atoms with E-state index in [-0.39, 0.29) is 5.43 Å². The van der Waals surface area contributed by atoms with Crippen LogP contribution in [0.5, 0.6) is 0 Å². The number of aromatic nitrogens is 1. The van der Waals surface area contributed by atoms with Gasteiger partial charge in [0.25, 0.3) is 0 Å². The Hall–Kier alpha value is -2.95. The van der Waals surface area contributed by atoms with Crippen molar-refractivity contribution < 1.29 is 8.83 Å². The van der Waals surface area contributed by atoms with Gasteiger partial charge in [0.15, 0.2) is 5.43 Å². The Kier molecular flexibility index (Phi) is 2.06. The number of benzene rings is 1. The molecule has 96 valence electrons. The van der Waals surface area contributed by atoms with Gasteiger partial charge in [-0.3, -0.25) is 9.78 Å². The van der Waals surface area contributed by atoms with E-state index in [0.717, 1.165) is 0 Å². The van der Waals surface area contributed by atoms with Gasteiger partial charge in [-0.2, -0.15) is 0 Å². The highest BCUT2D eigenvalue weighted by atomic mass is 16.4. The molecule has 0 aliphatic rings. The zero-order valence-corrected chi connectivity index (χ0v) is 10.1. The fourth-order valence-corrected chi connectivity index (χ4v) is 2.32. The Morgan fingerprint density at radius 3 is 2.75 bits per heavy atom. The Morgan fingerprint density at radius 2 is 1.85 bits per heavy atom. The molecular formula is C15H7NO4. The van der Waals surface area contributed by atoms with E-state index in [4.69, 9.17) is 8.83 Å². The zero-order chi connectivity index (χ0) is 13.7. The topological polar surface area (TPSA) is 73.3 Å². The molecule has 0 unspecified atom stereocenters. The maximum absolute atomic E-state index is 11.9. The molecule has 0 saturated heterocycles. The number of hydrogen-bond donors (Lipinski definition) is 0. The Bertz CT molecular complexity index is 1090. The van der Waals surface area contributed by atoms with Crippen LogP contribution in [0.2, 0.25) is 0 Å². The summed E-state index contributed by atoms with van der Waals surface area (Å²) in [5.74, 6) is 0. The Balaban J connectivity index is 2.36. The lowest BCUT2D eigenvalue weighted by Gasteiger charge is -2.02. The van der Waals surface area contributed by atoms with Gasteiger partial charge < -0.3 is 8.83 Å². The summed E-state index contributed by atoms with van der Waals surface area (Å²) in [6.07, 6.45) is 2.91. The van der Waals surface area contributed by atoms with E-state index < -0.39 is 5.63 Å². The molecule has 5 nitrogen and oxygen atoms in total. The van der Waals surface area contributed by atoms with Crippen molar-refractivity contribution in [1.82, 2.24) is 4.98 Å². The number of pyridine rings is 1. The third-order valence-corrected chi connectivity index (χ3v) is 3.25. The predicted molar refractivity (Wildman–Crippen MR) is 73.8 cm³/mol. The minimum absolute atomic E-state index is 0.150. The summed E-state index contributed by atoms with van der Waals surface area (Å²) in [5.41, 5.74) is 0.636. The molecule has 4 rings (SSSR count). The van der Waals surface area contributed by atoms with Crippen LogP contribution in [0.4, 0.5) is 0 Å². The second-order valence-electron chi connectivity index (χ2n) is 4.42. The van der Waals surface area contributed by atoms with Crippen LogP contribution < -0.4 is 11.1 Å². The minimum atomic E-state index is -0.460. The second kappa shape index (κ2) is 3.77. The summed E-state index contributed by atoms with van der Waals surface area (Å²) in [7, 11) is 0. The first-order chi connectivity index (χ1) is 9.74. The van der Waals surface area contributed by atoms with Gasteiger partial charge in [-0.1, -0.05) is 0 Å². The average Bonchev–Trinajstić information content (AvgIpc) is 2.47. The molecule has 0 amide bonds. The molecule has 0 radical (unpaired) electrons. The molecule has 0 spiro atoms. The van der Waals surface area contributed by atoms with E-state index in [9.17, 15) is 9.59 Å². The van der Waals surface area contributed by atoms with E-state index in [2.05, 4.69) is 4.98 Å². The average molecular weight is 265 g/mol. The van der Waals surface area contributed by atoms with Crippen molar-refractivity contribution in [2.24, 2.45) is 0 Å². The second-order valence-corrected chi connectivity index (χ2v) is 4.42. The largest absolute Gasteiger partial charge is 0.464 e. The molecule has 0 aliphatic carbocycles. The van der Waals surface area contributed by atoms with Gasteiger partial charge in [-0.25, -0.2) is 4.79 Å². The Labute approximate surface area is 111 Å². The standard InChI is InChI=1S/C15H7NO4/c17-11-3-5-19-12-7-13-10(6-9(11)12)14-8(15(18)20-13)2-1-4-16-14/h1-7H. The molecule has 0 saturated carbocycles. The summed E-state index contributed by atoms with van der Waals surface area (Å²) in [5, 5.41) is 1.44. The summed E-state index contributed by atoms with van der Waals surface area (Å²) in [6.45, 7) is 0. The third kappa shape index (κ3) is 1.40. The van der Waals surface area contributed by atoms with Crippen LogP contribution in [0.25, 0.3) is 32.8 Å². The van der Waals surface area contributed by atoms with Crippen LogP contribution in [0.15, 0.2) is 61.2 Å². The van der Waals surface area contributed by atoms with Crippen molar-refractivity contribution in [2.75, 3.05) is 0 Å². The maximum atomic E-state index is 11.9. The zero-order valence-electron chi connectivity index (χ0n) is 10.1. The first kappa shape index (κ1) is 10.9. The van der Waals surface area contributed by atoms with Crippen molar-refractivity contribution in [3.63, 3.8) is 0 Å². The van der Waals surface area contributed by atoms with Crippen molar-refractivity contribution in [2.45, 2.75) is 0 Å². The van der Waals surface area contributed by atoms with Crippen molar-refractivity contribution >= 4 is 32.8 Å². The molecule has 0 bridgehead atoms. The quantitative estimate of drug-likeness (QED) is 0.277. The Morgan fingerprint density at radius 1 is 0.950 bits per heavy atom. The lowest BCUT2D eigenvalue weighted by atomic mass is 10.1. The van der Waals surface area contributed by atoms with E-state index >= 15 is 0 Å². The molecule has 0 atom stereocenters. The normalized spacial score (nSPS) is 11.4. The van der Waals surface area contributed by atoms with Crippen LogP contribution in [0.1, 0.15) is 0 Å². The maximum Gasteiger partial charge on any atom is 0.345 e. The predicted octanol–water partition coefficient (Wildman–Crippen LogP) is 2.45. The molecule has 0 N–H and O–H groups in total. The molecule has 0 aliphatic heterocycles. The fraction of sp³-hybridized carbons (Fsp3) is 0. The van der Waals surface area contributed by atoms with E-state index in [1.165, 1.54) is 12.3 Å². The molecule has 3 aromatic heterocycles. The molecule has 4 aromatic rings. The van der Waals surface area contributed by atoms with Gasteiger partial charge in [0.2, 0.25) is 0 Å². The molecular weight excluding hydrogens is 258 g/mol. The van der Waals surface area contributed by atoms with Crippen molar-refractivity contribution in [1.29, 1.82) is 0 Å². The van der Waals surface area contributed by atoms with Crippen LogP contribution in [-0.2, 0) is 0 Å². The minimum Gasteiger partial charge on any atom is -0.464 e. The van der Waals surface area contributed by atoms with Gasteiger partial charge >= 0.3 is 5.63 Å². The summed E-state index contributed by atoms with van der Waals surface area (Å²) < 4.78 is 10.5. The third-order valence-electron chi connectivity index (χ3n) is 3.25. The van der Waals surface area contributed by atoms with Gasteiger partial charge in [0.1, 0.15) is 11.2 Å². The summed E-state index contributed by atoms with van der Waals surface area (Å²) in [6, 6.07) is 7.85. The monoisotopic (exact) mass is 265 g/mol. The van der Waals surface area contributed by atoms with Crippen LogP contribution in [0, 0.1) is 0 Å². The highest BCUT2D eigenvalue weighted by molar-refractivity contribution is 6.06. The van der Waals surface area contributed by atoms with Gasteiger partial charge in [-0.05, 0) is 18.2 Å². The van der Waals surface area contributed by atoms with Gasteiger partial charge in [0.05, 0.1) is 22.6 Å². The number of hydrogen-bond acceptors (Lipinski definition) is 5. The molecule has 0 fully saturated rings. The highest BCUT2D eigenvalue weighted by Crippen LogP contribution is 2.24. The van der Waals surface area contributed by atoms with Crippen LogP contribution in [-0.4, -0.2) is 4.98 Å². The summed E-state index contributed by atoms with van der Waals surface area (Å²) >= 11 is 0. The fourth-order valence-electron chi connectivity index (χ4n) is 2.32. The molecule has 5 heteroatoms. The smallest absolute Gasteiger partial charge is 0.345 e. The SMILES string of the molecule is O=c1ccoc2cc3oc(=O)c4cccnc4c3cc12. The number of fused-ring (bicyclic) bond motifs is 4. The number of rotatable bonds is 0. The van der Waals surface area contributed by atoms with Crippen molar-refractivity contribution in [3.05, 3.63) is 63.4 Å². The molecule has 3 heterocycles. The van der Waals surface area contributed by atoms with Gasteiger partial charge in [-0.15, -0.1) is 0 Å².